The van der Waals surface area contributed by atoms with Crippen LogP contribution in [-0.2, 0) is 0 Å². The molecule has 0 saturated heterocycles. The average molecular weight is 706 g/mol. The lowest BCUT2D eigenvalue weighted by Gasteiger charge is -2.26. The number of benzene rings is 9. The summed E-state index contributed by atoms with van der Waals surface area (Å²) in [6.07, 6.45) is 0. The van der Waals surface area contributed by atoms with Crippen LogP contribution in [0.4, 0.5) is 17.1 Å². The Morgan fingerprint density at radius 3 is 1.67 bits per heavy atom. The Morgan fingerprint density at radius 1 is 0.296 bits per heavy atom. The number of hydrogen-bond donors (Lipinski definition) is 0. The van der Waals surface area contributed by atoms with Crippen LogP contribution in [0.15, 0.2) is 212 Å². The van der Waals surface area contributed by atoms with Crippen molar-refractivity contribution in [2.45, 2.75) is 0 Å². The molecule has 1 nitrogen and oxygen atoms in total. The number of thiophene rings is 1. The topological polar surface area (TPSA) is 3.24 Å². The maximum Gasteiger partial charge on any atom is 0.0476 e. The lowest BCUT2D eigenvalue weighted by Crippen LogP contribution is -2.10. The Balaban J connectivity index is 1.11. The molecule has 0 spiro atoms. The molecule has 0 amide bonds. The van der Waals surface area contributed by atoms with Gasteiger partial charge < -0.3 is 4.90 Å². The van der Waals surface area contributed by atoms with E-state index in [1.54, 1.807) is 0 Å². The van der Waals surface area contributed by atoms with E-state index in [1.165, 1.54) is 75.5 Å². The van der Waals surface area contributed by atoms with E-state index < -0.39 is 0 Å². The SMILES string of the molecule is c1ccc(-c2cccc(-c3cccc(N(c4ccc(-c5ccc6ccccc6c5-c5ccccc5)cc4)c4ccc5c(c4)sc4ccccc45)c3)c2)cc1. The molecule has 0 aliphatic rings. The van der Waals surface area contributed by atoms with Gasteiger partial charge in [0.05, 0.1) is 0 Å². The second-order valence-electron chi connectivity index (χ2n) is 13.7. The Bertz CT molecular complexity index is 2920. The van der Waals surface area contributed by atoms with Gasteiger partial charge in [-0.2, -0.15) is 0 Å². The van der Waals surface area contributed by atoms with Crippen LogP contribution >= 0.6 is 11.3 Å². The van der Waals surface area contributed by atoms with Crippen molar-refractivity contribution in [2.24, 2.45) is 0 Å². The molecule has 54 heavy (non-hydrogen) atoms. The highest BCUT2D eigenvalue weighted by Crippen LogP contribution is 2.43. The van der Waals surface area contributed by atoms with Gasteiger partial charge in [-0.3, -0.25) is 0 Å². The largest absolute Gasteiger partial charge is 0.310 e. The van der Waals surface area contributed by atoms with Crippen LogP contribution in [0, 0.1) is 0 Å². The summed E-state index contributed by atoms with van der Waals surface area (Å²) in [6, 6.07) is 77.1. The molecule has 0 N–H and O–H groups in total. The smallest absolute Gasteiger partial charge is 0.0476 e. The Labute approximate surface area is 319 Å². The van der Waals surface area contributed by atoms with Crippen molar-refractivity contribution in [1.82, 2.24) is 0 Å². The van der Waals surface area contributed by atoms with Gasteiger partial charge in [0, 0.05) is 37.2 Å². The lowest BCUT2D eigenvalue weighted by atomic mass is 9.90. The predicted molar refractivity (Wildman–Crippen MR) is 233 cm³/mol. The van der Waals surface area contributed by atoms with Gasteiger partial charge in [-0.15, -0.1) is 11.3 Å². The summed E-state index contributed by atoms with van der Waals surface area (Å²) in [6.45, 7) is 0. The molecule has 9 aromatic carbocycles. The highest BCUT2D eigenvalue weighted by Gasteiger charge is 2.17. The second kappa shape index (κ2) is 13.7. The van der Waals surface area contributed by atoms with Gasteiger partial charge >= 0.3 is 0 Å². The first-order chi connectivity index (χ1) is 26.8. The number of hydrogen-bond acceptors (Lipinski definition) is 2. The molecule has 10 rings (SSSR count). The summed E-state index contributed by atoms with van der Waals surface area (Å²) in [5, 5.41) is 5.11. The van der Waals surface area contributed by atoms with Crippen molar-refractivity contribution in [1.29, 1.82) is 0 Å². The molecule has 0 atom stereocenters. The first kappa shape index (κ1) is 32.0. The molecule has 0 saturated carbocycles. The quantitative estimate of drug-likeness (QED) is 0.160. The summed E-state index contributed by atoms with van der Waals surface area (Å²) < 4.78 is 2.59. The molecular weight excluding hydrogens is 671 g/mol. The Morgan fingerprint density at radius 2 is 0.870 bits per heavy atom. The normalized spacial score (nSPS) is 11.3. The number of fused-ring (bicyclic) bond motifs is 4. The maximum absolute atomic E-state index is 2.40. The third-order valence-electron chi connectivity index (χ3n) is 10.5. The van der Waals surface area contributed by atoms with E-state index in [-0.39, 0.29) is 0 Å². The van der Waals surface area contributed by atoms with Crippen molar-refractivity contribution in [2.75, 3.05) is 4.90 Å². The van der Waals surface area contributed by atoms with Gasteiger partial charge in [-0.25, -0.2) is 0 Å². The molecule has 1 aromatic heterocycles. The Hall–Kier alpha value is -6.74. The third kappa shape index (κ3) is 5.84. The number of nitrogens with zero attached hydrogens (tertiary/aromatic N) is 1. The average Bonchev–Trinajstić information content (AvgIpc) is 3.62. The minimum Gasteiger partial charge on any atom is -0.310 e. The van der Waals surface area contributed by atoms with Gasteiger partial charge in [-0.1, -0.05) is 164 Å². The molecule has 2 heteroatoms. The predicted octanol–water partition coefficient (Wildman–Crippen LogP) is 15.3. The molecule has 0 fully saturated rings. The van der Waals surface area contributed by atoms with Crippen LogP contribution in [0.1, 0.15) is 0 Å². The Kier molecular flexibility index (Phi) is 8.09. The molecule has 1 heterocycles. The summed E-state index contributed by atoms with van der Waals surface area (Å²) >= 11 is 1.86. The van der Waals surface area contributed by atoms with E-state index in [9.17, 15) is 0 Å². The van der Waals surface area contributed by atoms with Crippen molar-refractivity contribution in [3.05, 3.63) is 212 Å². The van der Waals surface area contributed by atoms with Crippen molar-refractivity contribution < 1.29 is 0 Å². The van der Waals surface area contributed by atoms with E-state index in [1.807, 2.05) is 11.3 Å². The van der Waals surface area contributed by atoms with Crippen LogP contribution in [0.2, 0.25) is 0 Å². The van der Waals surface area contributed by atoms with Crippen LogP contribution < -0.4 is 4.90 Å². The molecule has 10 aromatic rings. The van der Waals surface area contributed by atoms with Gasteiger partial charge in [-0.05, 0) is 104 Å². The second-order valence-corrected chi connectivity index (χ2v) is 14.8. The fourth-order valence-electron chi connectivity index (χ4n) is 7.85. The molecule has 0 bridgehead atoms. The molecule has 0 aliphatic carbocycles. The third-order valence-corrected chi connectivity index (χ3v) is 11.6. The van der Waals surface area contributed by atoms with Gasteiger partial charge in [0.2, 0.25) is 0 Å². The molecule has 0 aliphatic heterocycles. The highest BCUT2D eigenvalue weighted by atomic mass is 32.1. The van der Waals surface area contributed by atoms with Crippen molar-refractivity contribution >= 4 is 59.3 Å². The minimum atomic E-state index is 1.11. The van der Waals surface area contributed by atoms with E-state index in [0.717, 1.165) is 17.1 Å². The van der Waals surface area contributed by atoms with Crippen LogP contribution in [0.5, 0.6) is 0 Å². The first-order valence-corrected chi connectivity index (χ1v) is 19.2. The van der Waals surface area contributed by atoms with Crippen LogP contribution in [-0.4, -0.2) is 0 Å². The summed E-state index contributed by atoms with van der Waals surface area (Å²) in [4.78, 5) is 2.40. The van der Waals surface area contributed by atoms with E-state index in [0.29, 0.717) is 0 Å². The fourth-order valence-corrected chi connectivity index (χ4v) is 8.99. The molecular formula is C52H35NS. The van der Waals surface area contributed by atoms with Crippen molar-refractivity contribution in [3.8, 4) is 44.5 Å². The lowest BCUT2D eigenvalue weighted by molar-refractivity contribution is 1.29. The van der Waals surface area contributed by atoms with Crippen molar-refractivity contribution in [3.63, 3.8) is 0 Å². The summed E-state index contributed by atoms with van der Waals surface area (Å²) in [5.41, 5.74) is 13.1. The number of anilines is 3. The maximum atomic E-state index is 2.40. The zero-order chi connectivity index (χ0) is 35.8. The zero-order valence-electron chi connectivity index (χ0n) is 29.6. The van der Waals surface area contributed by atoms with Gasteiger partial charge in [0.25, 0.3) is 0 Å². The monoisotopic (exact) mass is 705 g/mol. The van der Waals surface area contributed by atoms with Gasteiger partial charge in [0.15, 0.2) is 0 Å². The van der Waals surface area contributed by atoms with Crippen LogP contribution in [0.3, 0.4) is 0 Å². The van der Waals surface area contributed by atoms with E-state index >= 15 is 0 Å². The van der Waals surface area contributed by atoms with Gasteiger partial charge in [0.1, 0.15) is 0 Å². The van der Waals surface area contributed by atoms with E-state index in [2.05, 4.69) is 217 Å². The first-order valence-electron chi connectivity index (χ1n) is 18.4. The highest BCUT2D eigenvalue weighted by molar-refractivity contribution is 7.25. The van der Waals surface area contributed by atoms with E-state index in [4.69, 9.17) is 0 Å². The summed E-state index contributed by atoms with van der Waals surface area (Å²) in [7, 11) is 0. The minimum absolute atomic E-state index is 1.11. The molecule has 0 radical (unpaired) electrons. The molecule has 0 unspecified atom stereocenters. The standard InChI is InChI=1S/C52H35NS/c1-3-13-36(14-4-1)40-18-11-19-41(33-40)42-20-12-21-44(34-42)53(45-30-32-49-48-23-9-10-24-50(48)54-51(49)35-45)43-28-25-38(26-29-43)47-31-27-37-15-7-8-22-46(37)52(47)39-16-5-2-6-17-39/h1-35H. The molecule has 254 valence electrons. The fraction of sp³-hybridized carbons (Fsp3) is 0. The number of rotatable bonds is 7. The zero-order valence-corrected chi connectivity index (χ0v) is 30.4. The van der Waals surface area contributed by atoms with Crippen LogP contribution in [0.25, 0.3) is 75.5 Å². The summed E-state index contributed by atoms with van der Waals surface area (Å²) in [5.74, 6) is 0.